The molecule has 4 nitrogen and oxygen atoms in total. The third-order valence-electron chi connectivity index (χ3n) is 9.07. The molecule has 0 saturated heterocycles. The van der Waals surface area contributed by atoms with Gasteiger partial charge in [-0.1, -0.05) is 19.1 Å². The number of hydrogen-bond acceptors (Lipinski definition) is 3. The summed E-state index contributed by atoms with van der Waals surface area (Å²) in [7, 11) is -6.58. The summed E-state index contributed by atoms with van der Waals surface area (Å²) in [6.45, 7) is 2.39. The molecule has 4 aliphatic rings. The molecule has 0 aliphatic heterocycles. The minimum atomic E-state index is -6.58. The van der Waals surface area contributed by atoms with E-state index in [9.17, 15) is 43.5 Å². The summed E-state index contributed by atoms with van der Waals surface area (Å²) in [6.07, 6.45) is 2.64. The van der Waals surface area contributed by atoms with Gasteiger partial charge in [0, 0.05) is 24.9 Å². The van der Waals surface area contributed by atoms with Gasteiger partial charge >= 0.3 is 33.1 Å². The van der Waals surface area contributed by atoms with Crippen molar-refractivity contribution in [3.63, 3.8) is 0 Å². The van der Waals surface area contributed by atoms with Crippen molar-refractivity contribution in [2.45, 2.75) is 81.3 Å². The highest BCUT2D eigenvalue weighted by Gasteiger charge is 2.70. The Bertz CT molecular complexity index is 997. The SMILES string of the molecule is CC1CC2CC3CC(COCCCC(F)(F)C(F)(F)C4C=CC(C(F)(F)C(F)(F)S(=O)(=O)O)C4)(C1)CC23. The molecule has 1 N–H and O–H groups in total. The minimum Gasteiger partial charge on any atom is -0.381 e. The van der Waals surface area contributed by atoms with Gasteiger partial charge in [0.2, 0.25) is 0 Å². The molecule has 0 radical (unpaired) electrons. The molecule has 0 aromatic heterocycles. The third kappa shape index (κ3) is 4.94. The molecule has 3 fully saturated rings. The summed E-state index contributed by atoms with van der Waals surface area (Å²) < 4.78 is 149. The Kier molecular flexibility index (Phi) is 7.31. The first-order valence-electron chi connectivity index (χ1n) is 12.6. The maximum Gasteiger partial charge on any atom is 0.432 e. The molecule has 3 saturated carbocycles. The fourth-order valence-electron chi connectivity index (χ4n) is 7.34. The van der Waals surface area contributed by atoms with E-state index >= 15 is 0 Å². The first kappa shape index (κ1) is 29.0. The molecule has 7 atom stereocenters. The highest BCUT2D eigenvalue weighted by molar-refractivity contribution is 7.87. The predicted octanol–water partition coefficient (Wildman–Crippen LogP) is 6.82. The number of halogens is 8. The van der Waals surface area contributed by atoms with E-state index < -0.39 is 64.2 Å². The average molecular weight is 569 g/mol. The first-order chi connectivity index (χ1) is 16.8. The molecule has 37 heavy (non-hydrogen) atoms. The van der Waals surface area contributed by atoms with Crippen LogP contribution in [-0.2, 0) is 14.9 Å². The van der Waals surface area contributed by atoms with Gasteiger partial charge in [0.25, 0.3) is 0 Å². The van der Waals surface area contributed by atoms with Crippen LogP contribution in [0.25, 0.3) is 0 Å². The second kappa shape index (κ2) is 9.31. The van der Waals surface area contributed by atoms with Crippen LogP contribution in [0.5, 0.6) is 0 Å². The summed E-state index contributed by atoms with van der Waals surface area (Å²) in [4.78, 5) is 0. The molecule has 4 rings (SSSR count). The topological polar surface area (TPSA) is 63.6 Å². The largest absolute Gasteiger partial charge is 0.432 e. The summed E-state index contributed by atoms with van der Waals surface area (Å²) in [6, 6.07) is 0. The third-order valence-corrected chi connectivity index (χ3v) is 9.99. The van der Waals surface area contributed by atoms with Crippen molar-refractivity contribution in [2.75, 3.05) is 13.2 Å². The van der Waals surface area contributed by atoms with Crippen molar-refractivity contribution >= 4 is 10.1 Å². The summed E-state index contributed by atoms with van der Waals surface area (Å²) >= 11 is 0. The van der Waals surface area contributed by atoms with E-state index in [1.54, 1.807) is 0 Å². The molecule has 13 heteroatoms. The highest BCUT2D eigenvalue weighted by Crippen LogP contribution is 2.64. The second-order valence-electron chi connectivity index (χ2n) is 11.8. The molecule has 7 unspecified atom stereocenters. The van der Waals surface area contributed by atoms with Crippen molar-refractivity contribution in [3.8, 4) is 0 Å². The molecule has 4 aliphatic carbocycles. The number of fused-ring (bicyclic) bond motifs is 1. The van der Waals surface area contributed by atoms with Gasteiger partial charge in [0.1, 0.15) is 0 Å². The number of alkyl halides is 8. The van der Waals surface area contributed by atoms with E-state index in [0.717, 1.165) is 25.2 Å². The van der Waals surface area contributed by atoms with Crippen molar-refractivity contribution < 1.29 is 52.8 Å². The molecule has 0 spiro atoms. The molecule has 0 aromatic rings. The van der Waals surface area contributed by atoms with E-state index in [0.29, 0.717) is 24.4 Å². The Morgan fingerprint density at radius 2 is 1.51 bits per heavy atom. The van der Waals surface area contributed by atoms with Gasteiger partial charge in [-0.25, -0.2) is 0 Å². The zero-order chi connectivity index (χ0) is 27.7. The fourth-order valence-corrected chi connectivity index (χ4v) is 7.83. The standard InChI is InChI=1S/C24H32F8O4S/c1-14-7-15-8-16-11-20(10-14,12-19(15)16)13-36-6-2-5-21(25,26)22(27,28)17-3-4-18(9-17)23(29,30)24(31,32)37(33,34)35/h3-4,14-19H,2,5-13H2,1H3,(H,33,34,35). The lowest BCUT2D eigenvalue weighted by Crippen LogP contribution is -2.51. The Morgan fingerprint density at radius 1 is 0.892 bits per heavy atom. The first-order valence-corrected chi connectivity index (χ1v) is 14.0. The minimum absolute atomic E-state index is 0.00848. The van der Waals surface area contributed by atoms with E-state index in [1.165, 1.54) is 12.8 Å². The van der Waals surface area contributed by atoms with E-state index in [1.807, 2.05) is 0 Å². The Hall–Kier alpha value is -0.950. The van der Waals surface area contributed by atoms with Crippen LogP contribution in [0.1, 0.15) is 58.3 Å². The molecule has 0 amide bonds. The fraction of sp³-hybridized carbons (Fsp3) is 0.917. The van der Waals surface area contributed by atoms with Gasteiger partial charge in [-0.05, 0) is 74.0 Å². The Balaban J connectivity index is 1.29. The lowest BCUT2D eigenvalue weighted by atomic mass is 9.63. The molecule has 0 aromatic carbocycles. The van der Waals surface area contributed by atoms with E-state index in [-0.39, 0.29) is 24.2 Å². The van der Waals surface area contributed by atoms with Crippen LogP contribution in [-0.4, -0.2) is 49.2 Å². The normalized spacial score (nSPS) is 36.5. The van der Waals surface area contributed by atoms with Crippen LogP contribution in [0.4, 0.5) is 35.1 Å². The van der Waals surface area contributed by atoms with E-state index in [2.05, 4.69) is 6.92 Å². The highest BCUT2D eigenvalue weighted by atomic mass is 32.2. The van der Waals surface area contributed by atoms with Crippen molar-refractivity contribution in [3.05, 3.63) is 12.2 Å². The summed E-state index contributed by atoms with van der Waals surface area (Å²) in [5, 5.41) is -5.98. The van der Waals surface area contributed by atoms with Crippen LogP contribution in [0.15, 0.2) is 12.2 Å². The number of rotatable bonds is 11. The molecular formula is C24H32F8O4S. The van der Waals surface area contributed by atoms with Gasteiger partial charge in [0.05, 0.1) is 6.61 Å². The van der Waals surface area contributed by atoms with Gasteiger partial charge in [-0.15, -0.1) is 0 Å². The lowest BCUT2D eigenvalue weighted by molar-refractivity contribution is -0.238. The quantitative estimate of drug-likeness (QED) is 0.129. The maximum absolute atomic E-state index is 14.6. The van der Waals surface area contributed by atoms with Crippen molar-refractivity contribution in [1.29, 1.82) is 0 Å². The summed E-state index contributed by atoms with van der Waals surface area (Å²) in [5.41, 5.74) is -0.00848. The van der Waals surface area contributed by atoms with Crippen LogP contribution < -0.4 is 0 Å². The van der Waals surface area contributed by atoms with Crippen LogP contribution >= 0.6 is 0 Å². The van der Waals surface area contributed by atoms with Gasteiger partial charge in [0.15, 0.2) is 0 Å². The molecule has 0 heterocycles. The van der Waals surface area contributed by atoms with Crippen molar-refractivity contribution in [1.82, 2.24) is 0 Å². The van der Waals surface area contributed by atoms with Crippen LogP contribution in [0, 0.1) is 40.9 Å². The zero-order valence-electron chi connectivity index (χ0n) is 20.3. The van der Waals surface area contributed by atoms with Gasteiger partial charge in [-0.2, -0.15) is 43.5 Å². The van der Waals surface area contributed by atoms with Crippen molar-refractivity contribution in [2.24, 2.45) is 40.9 Å². The predicted molar refractivity (Wildman–Crippen MR) is 117 cm³/mol. The number of ether oxygens (including phenoxy) is 1. The van der Waals surface area contributed by atoms with Crippen LogP contribution in [0.2, 0.25) is 0 Å². The maximum atomic E-state index is 14.6. The summed E-state index contributed by atoms with van der Waals surface area (Å²) in [5.74, 6) is -17.6. The smallest absolute Gasteiger partial charge is 0.381 e. The van der Waals surface area contributed by atoms with E-state index in [4.69, 9.17) is 9.29 Å². The molecule has 214 valence electrons. The zero-order valence-corrected chi connectivity index (χ0v) is 21.1. The molecule has 2 bridgehead atoms. The van der Waals surface area contributed by atoms with Gasteiger partial charge in [-0.3, -0.25) is 4.55 Å². The van der Waals surface area contributed by atoms with Gasteiger partial charge < -0.3 is 4.74 Å². The average Bonchev–Trinajstić information content (AvgIpc) is 3.32. The monoisotopic (exact) mass is 568 g/mol. The Labute approximate surface area is 210 Å². The second-order valence-corrected chi connectivity index (χ2v) is 13.3. The Morgan fingerprint density at radius 3 is 2.14 bits per heavy atom. The lowest BCUT2D eigenvalue weighted by Gasteiger charge is -2.42. The molecular weight excluding hydrogens is 536 g/mol. The number of hydrogen-bond donors (Lipinski definition) is 1. The van der Waals surface area contributed by atoms with Crippen LogP contribution in [0.3, 0.4) is 0 Å². The number of allylic oxidation sites excluding steroid dienone is 2.